The minimum Gasteiger partial charge on any atom is -0.129 e. The number of aryl methyl sites for hydroxylation is 2. The Bertz CT molecular complexity index is 624. The van der Waals surface area contributed by atoms with Gasteiger partial charge in [-0.3, -0.25) is 0 Å². The van der Waals surface area contributed by atoms with Crippen LogP contribution in [0.25, 0.3) is 11.1 Å². The Kier molecular flexibility index (Phi) is 4.05. The van der Waals surface area contributed by atoms with Gasteiger partial charge in [-0.25, -0.2) is 0 Å². The second-order valence-electron chi connectivity index (χ2n) is 5.32. The van der Waals surface area contributed by atoms with Gasteiger partial charge in [0.25, 0.3) is 0 Å². The van der Waals surface area contributed by atoms with Crippen LogP contribution < -0.4 is 0 Å². The molecular formula is C18H22S. The van der Waals surface area contributed by atoms with Crippen LogP contribution in [-0.4, -0.2) is 6.26 Å². The first-order valence-electron chi connectivity index (χ1n) is 6.68. The van der Waals surface area contributed by atoms with Gasteiger partial charge in [-0.05, 0) is 80.3 Å². The summed E-state index contributed by atoms with van der Waals surface area (Å²) in [7, 11) is 0. The molecule has 0 aliphatic heterocycles. The molecule has 0 nitrogen and oxygen atoms in total. The molecule has 0 fully saturated rings. The molecule has 2 aromatic rings. The van der Waals surface area contributed by atoms with E-state index >= 15 is 0 Å². The Morgan fingerprint density at radius 1 is 0.737 bits per heavy atom. The van der Waals surface area contributed by atoms with Crippen molar-refractivity contribution in [3.63, 3.8) is 0 Å². The van der Waals surface area contributed by atoms with Crippen LogP contribution in [0, 0.1) is 34.6 Å². The highest BCUT2D eigenvalue weighted by molar-refractivity contribution is 7.98. The van der Waals surface area contributed by atoms with E-state index in [1.807, 2.05) is 11.8 Å². The van der Waals surface area contributed by atoms with Gasteiger partial charge in [-0.1, -0.05) is 23.8 Å². The lowest BCUT2D eigenvalue weighted by Gasteiger charge is -2.17. The third-order valence-electron chi connectivity index (χ3n) is 4.13. The quantitative estimate of drug-likeness (QED) is 0.638. The average Bonchev–Trinajstić information content (AvgIpc) is 2.40. The highest BCUT2D eigenvalue weighted by Gasteiger charge is 2.12. The Balaban J connectivity index is 2.75. The zero-order chi connectivity index (χ0) is 14.2. The van der Waals surface area contributed by atoms with E-state index in [9.17, 15) is 0 Å². The van der Waals surface area contributed by atoms with Gasteiger partial charge in [0.2, 0.25) is 0 Å². The predicted octanol–water partition coefficient (Wildman–Crippen LogP) is 5.62. The van der Waals surface area contributed by atoms with E-state index in [-0.39, 0.29) is 0 Å². The van der Waals surface area contributed by atoms with Gasteiger partial charge in [0.1, 0.15) is 0 Å². The van der Waals surface area contributed by atoms with Gasteiger partial charge in [0, 0.05) is 4.90 Å². The van der Waals surface area contributed by atoms with Crippen molar-refractivity contribution < 1.29 is 0 Å². The largest absolute Gasteiger partial charge is 0.129 e. The molecule has 0 aliphatic carbocycles. The van der Waals surface area contributed by atoms with Gasteiger partial charge in [-0.15, -0.1) is 11.8 Å². The first-order valence-corrected chi connectivity index (χ1v) is 7.90. The minimum atomic E-state index is 1.32. The first kappa shape index (κ1) is 14.2. The van der Waals surface area contributed by atoms with Crippen molar-refractivity contribution in [2.45, 2.75) is 39.5 Å². The molecule has 0 saturated carbocycles. The maximum Gasteiger partial charge on any atom is 0.0148 e. The molecule has 0 unspecified atom stereocenters. The van der Waals surface area contributed by atoms with Crippen LogP contribution in [0.2, 0.25) is 0 Å². The topological polar surface area (TPSA) is 0 Å². The lowest BCUT2D eigenvalue weighted by atomic mass is 9.90. The molecule has 0 amide bonds. The molecule has 100 valence electrons. The molecule has 2 rings (SSSR count). The summed E-state index contributed by atoms with van der Waals surface area (Å²) in [5.41, 5.74) is 9.70. The summed E-state index contributed by atoms with van der Waals surface area (Å²) in [5, 5.41) is 0. The summed E-state index contributed by atoms with van der Waals surface area (Å²) >= 11 is 1.82. The molecule has 0 atom stereocenters. The molecule has 0 heterocycles. The standard InChI is InChI=1S/C18H22S/c1-11-7-8-18(19-6)17(9-11)16-10-12(2)13(3)14(4)15(16)5/h7-10H,1-6H3. The zero-order valence-corrected chi connectivity index (χ0v) is 13.5. The third-order valence-corrected chi connectivity index (χ3v) is 4.92. The summed E-state index contributed by atoms with van der Waals surface area (Å²) in [6, 6.07) is 9.08. The van der Waals surface area contributed by atoms with Crippen molar-refractivity contribution in [1.29, 1.82) is 0 Å². The molecule has 0 aliphatic rings. The normalized spacial score (nSPS) is 10.8. The van der Waals surface area contributed by atoms with E-state index < -0.39 is 0 Å². The van der Waals surface area contributed by atoms with Crippen LogP contribution in [0.1, 0.15) is 27.8 Å². The summed E-state index contributed by atoms with van der Waals surface area (Å²) < 4.78 is 0. The molecule has 0 aromatic heterocycles. The van der Waals surface area contributed by atoms with Crippen LogP contribution in [0.15, 0.2) is 29.2 Å². The molecule has 0 radical (unpaired) electrons. The Hall–Kier alpha value is -1.21. The van der Waals surface area contributed by atoms with Gasteiger partial charge in [0.15, 0.2) is 0 Å². The van der Waals surface area contributed by atoms with Crippen molar-refractivity contribution in [2.75, 3.05) is 6.26 Å². The number of benzene rings is 2. The lowest BCUT2D eigenvalue weighted by Crippen LogP contribution is -1.96. The predicted molar refractivity (Wildman–Crippen MR) is 87.3 cm³/mol. The number of rotatable bonds is 2. The molecule has 19 heavy (non-hydrogen) atoms. The minimum absolute atomic E-state index is 1.32. The molecule has 0 bridgehead atoms. The van der Waals surface area contributed by atoms with E-state index in [0.717, 1.165) is 0 Å². The molecule has 2 aromatic carbocycles. The van der Waals surface area contributed by atoms with Crippen LogP contribution >= 0.6 is 11.8 Å². The summed E-state index contributed by atoms with van der Waals surface area (Å²) in [6.07, 6.45) is 2.15. The first-order chi connectivity index (χ1) is 8.95. The molecule has 0 spiro atoms. The summed E-state index contributed by atoms with van der Waals surface area (Å²) in [6.45, 7) is 11.1. The van der Waals surface area contributed by atoms with Crippen LogP contribution in [0.3, 0.4) is 0 Å². The second-order valence-corrected chi connectivity index (χ2v) is 6.17. The fourth-order valence-corrected chi connectivity index (χ4v) is 3.12. The van der Waals surface area contributed by atoms with E-state index in [1.54, 1.807) is 0 Å². The monoisotopic (exact) mass is 270 g/mol. The Labute approximate surface area is 121 Å². The zero-order valence-electron chi connectivity index (χ0n) is 12.7. The van der Waals surface area contributed by atoms with Crippen LogP contribution in [0.4, 0.5) is 0 Å². The van der Waals surface area contributed by atoms with Crippen molar-refractivity contribution in [1.82, 2.24) is 0 Å². The van der Waals surface area contributed by atoms with E-state index in [1.165, 1.54) is 43.8 Å². The number of hydrogen-bond acceptors (Lipinski definition) is 1. The third kappa shape index (κ3) is 2.57. The highest BCUT2D eigenvalue weighted by atomic mass is 32.2. The fourth-order valence-electron chi connectivity index (χ4n) is 2.52. The molecule has 0 N–H and O–H groups in total. The Morgan fingerprint density at radius 3 is 2.05 bits per heavy atom. The van der Waals surface area contributed by atoms with Gasteiger partial charge in [0.05, 0.1) is 0 Å². The second kappa shape index (κ2) is 5.42. The molecule has 0 saturated heterocycles. The average molecular weight is 270 g/mol. The maximum absolute atomic E-state index is 2.34. The fraction of sp³-hybridized carbons (Fsp3) is 0.333. The smallest absolute Gasteiger partial charge is 0.0148 e. The van der Waals surface area contributed by atoms with Gasteiger partial charge in [-0.2, -0.15) is 0 Å². The summed E-state index contributed by atoms with van der Waals surface area (Å²) in [5.74, 6) is 0. The van der Waals surface area contributed by atoms with E-state index in [0.29, 0.717) is 0 Å². The highest BCUT2D eigenvalue weighted by Crippen LogP contribution is 2.35. The maximum atomic E-state index is 2.34. The Morgan fingerprint density at radius 2 is 1.42 bits per heavy atom. The van der Waals surface area contributed by atoms with Crippen LogP contribution in [-0.2, 0) is 0 Å². The van der Waals surface area contributed by atoms with Crippen molar-refractivity contribution in [3.05, 3.63) is 52.1 Å². The molecular weight excluding hydrogens is 248 g/mol. The summed E-state index contributed by atoms with van der Waals surface area (Å²) in [4.78, 5) is 1.36. The number of hydrogen-bond donors (Lipinski definition) is 0. The van der Waals surface area contributed by atoms with Crippen molar-refractivity contribution in [2.24, 2.45) is 0 Å². The van der Waals surface area contributed by atoms with E-state index in [2.05, 4.69) is 65.1 Å². The van der Waals surface area contributed by atoms with Gasteiger partial charge < -0.3 is 0 Å². The van der Waals surface area contributed by atoms with E-state index in [4.69, 9.17) is 0 Å². The number of thioether (sulfide) groups is 1. The van der Waals surface area contributed by atoms with Gasteiger partial charge >= 0.3 is 0 Å². The van der Waals surface area contributed by atoms with Crippen LogP contribution in [0.5, 0.6) is 0 Å². The van der Waals surface area contributed by atoms with Crippen molar-refractivity contribution in [3.8, 4) is 11.1 Å². The lowest BCUT2D eigenvalue weighted by molar-refractivity contribution is 1.21. The van der Waals surface area contributed by atoms with Crippen molar-refractivity contribution >= 4 is 11.8 Å². The molecule has 1 heteroatoms. The SMILES string of the molecule is CSc1ccc(C)cc1-c1cc(C)c(C)c(C)c1C.